The van der Waals surface area contributed by atoms with E-state index in [0.717, 1.165) is 5.56 Å². The molecule has 31 heavy (non-hydrogen) atoms. The fourth-order valence-corrected chi connectivity index (χ4v) is 4.27. The molecule has 0 bridgehead atoms. The number of halogens is 1. The molecule has 0 heterocycles. The summed E-state index contributed by atoms with van der Waals surface area (Å²) in [6.45, 7) is 5.73. The Hall–Kier alpha value is -3.39. The van der Waals surface area contributed by atoms with E-state index in [1.807, 2.05) is 6.92 Å². The van der Waals surface area contributed by atoms with Gasteiger partial charge in [-0.25, -0.2) is 12.8 Å². The van der Waals surface area contributed by atoms with Crippen LogP contribution in [0.1, 0.15) is 28.4 Å². The molecule has 6 nitrogen and oxygen atoms in total. The molecule has 0 aliphatic heterocycles. The maximum absolute atomic E-state index is 14.0. The predicted molar refractivity (Wildman–Crippen MR) is 119 cm³/mol. The van der Waals surface area contributed by atoms with E-state index in [9.17, 15) is 17.6 Å². The first-order chi connectivity index (χ1) is 14.7. The average molecular weight is 443 g/mol. The van der Waals surface area contributed by atoms with Gasteiger partial charge in [0, 0.05) is 11.3 Å². The molecule has 0 saturated heterocycles. The molecular formula is C23H23FN2O4S. The number of nitrogens with one attached hydrogen (secondary N) is 2. The van der Waals surface area contributed by atoms with Crippen LogP contribution in [0.5, 0.6) is 5.75 Å². The molecule has 0 aliphatic carbocycles. The minimum atomic E-state index is -3.96. The SMILES string of the molecule is CCOc1ccc(NS(=O)(=O)c2cc(C(=O)Nc3ccc(C)cc3F)ccc2C)cc1. The zero-order valence-electron chi connectivity index (χ0n) is 17.4. The van der Waals surface area contributed by atoms with E-state index in [4.69, 9.17) is 4.74 Å². The second kappa shape index (κ2) is 9.18. The number of ether oxygens (including phenoxy) is 1. The number of anilines is 2. The minimum absolute atomic E-state index is 0.0214. The van der Waals surface area contributed by atoms with E-state index in [0.29, 0.717) is 23.6 Å². The van der Waals surface area contributed by atoms with Gasteiger partial charge in [-0.3, -0.25) is 9.52 Å². The highest BCUT2D eigenvalue weighted by atomic mass is 32.2. The van der Waals surface area contributed by atoms with Crippen molar-refractivity contribution >= 4 is 27.3 Å². The highest BCUT2D eigenvalue weighted by Crippen LogP contribution is 2.23. The third kappa shape index (κ3) is 5.40. The van der Waals surface area contributed by atoms with E-state index in [-0.39, 0.29) is 16.1 Å². The van der Waals surface area contributed by atoms with E-state index in [2.05, 4.69) is 10.0 Å². The van der Waals surface area contributed by atoms with Crippen LogP contribution in [-0.2, 0) is 10.0 Å². The van der Waals surface area contributed by atoms with Crippen LogP contribution in [0.25, 0.3) is 0 Å². The Balaban J connectivity index is 1.84. The molecule has 2 N–H and O–H groups in total. The van der Waals surface area contributed by atoms with E-state index >= 15 is 0 Å². The Morgan fingerprint density at radius 1 is 1.00 bits per heavy atom. The standard InChI is InChI=1S/C23H23FN2O4S/c1-4-30-19-10-8-18(9-11-19)26-31(28,29)22-14-17(7-6-16(22)3)23(27)25-21-12-5-15(2)13-20(21)24/h5-14,26H,4H2,1-3H3,(H,25,27). The first-order valence-electron chi connectivity index (χ1n) is 9.63. The number of rotatable bonds is 7. The Morgan fingerprint density at radius 2 is 1.71 bits per heavy atom. The van der Waals surface area contributed by atoms with Crippen LogP contribution >= 0.6 is 0 Å². The molecular weight excluding hydrogens is 419 g/mol. The number of sulfonamides is 1. The lowest BCUT2D eigenvalue weighted by Gasteiger charge is -2.13. The molecule has 0 aromatic heterocycles. The van der Waals surface area contributed by atoms with Crippen LogP contribution < -0.4 is 14.8 Å². The molecule has 0 atom stereocenters. The second-order valence-electron chi connectivity index (χ2n) is 6.98. The zero-order valence-corrected chi connectivity index (χ0v) is 18.2. The van der Waals surface area contributed by atoms with Gasteiger partial charge >= 0.3 is 0 Å². The van der Waals surface area contributed by atoms with E-state index in [1.54, 1.807) is 44.2 Å². The van der Waals surface area contributed by atoms with Gasteiger partial charge in [0.1, 0.15) is 11.6 Å². The van der Waals surface area contributed by atoms with Crippen molar-refractivity contribution in [3.8, 4) is 5.75 Å². The van der Waals surface area contributed by atoms with Gasteiger partial charge in [0.15, 0.2) is 0 Å². The van der Waals surface area contributed by atoms with Crippen LogP contribution in [0.4, 0.5) is 15.8 Å². The molecule has 1 amide bonds. The number of carbonyl (C=O) groups is 1. The van der Waals surface area contributed by atoms with Crippen molar-refractivity contribution < 1.29 is 22.3 Å². The first-order valence-corrected chi connectivity index (χ1v) is 11.1. The van der Waals surface area contributed by atoms with E-state index < -0.39 is 21.7 Å². The van der Waals surface area contributed by atoms with Crippen molar-refractivity contribution in [2.24, 2.45) is 0 Å². The molecule has 0 aliphatic rings. The molecule has 3 rings (SSSR count). The Kier molecular flexibility index (Phi) is 6.60. The van der Waals surface area contributed by atoms with Gasteiger partial charge in [0.05, 0.1) is 17.2 Å². The summed E-state index contributed by atoms with van der Waals surface area (Å²) in [5.74, 6) is -0.547. The molecule has 0 unspecified atom stereocenters. The van der Waals surface area contributed by atoms with Gasteiger partial charge in [0.2, 0.25) is 0 Å². The summed E-state index contributed by atoms with van der Waals surface area (Å²) >= 11 is 0. The van der Waals surface area contributed by atoms with Crippen molar-refractivity contribution in [3.05, 3.63) is 83.2 Å². The molecule has 0 fully saturated rings. The van der Waals surface area contributed by atoms with Crippen molar-refractivity contribution in [1.82, 2.24) is 0 Å². The van der Waals surface area contributed by atoms with E-state index in [1.165, 1.54) is 30.3 Å². The van der Waals surface area contributed by atoms with Gasteiger partial charge < -0.3 is 10.1 Å². The Morgan fingerprint density at radius 3 is 2.35 bits per heavy atom. The van der Waals surface area contributed by atoms with Gasteiger partial charge in [-0.15, -0.1) is 0 Å². The van der Waals surface area contributed by atoms with Gasteiger partial charge in [-0.05, 0) is 80.4 Å². The van der Waals surface area contributed by atoms with Crippen LogP contribution in [0.3, 0.4) is 0 Å². The summed E-state index contributed by atoms with van der Waals surface area (Å²) in [7, 11) is -3.96. The molecule has 162 valence electrons. The summed E-state index contributed by atoms with van der Waals surface area (Å²) in [5, 5.41) is 2.48. The molecule has 3 aromatic carbocycles. The number of amides is 1. The number of hydrogen-bond donors (Lipinski definition) is 2. The number of benzene rings is 3. The number of aryl methyl sites for hydroxylation is 2. The van der Waals surface area contributed by atoms with Crippen LogP contribution in [0, 0.1) is 19.7 Å². The quantitative estimate of drug-likeness (QED) is 0.545. The van der Waals surface area contributed by atoms with Crippen LogP contribution in [0.2, 0.25) is 0 Å². The smallest absolute Gasteiger partial charge is 0.262 e. The summed E-state index contributed by atoms with van der Waals surface area (Å²) in [5.41, 5.74) is 1.67. The normalized spacial score (nSPS) is 11.1. The predicted octanol–water partition coefficient (Wildman–Crippen LogP) is 4.89. The van der Waals surface area contributed by atoms with Gasteiger partial charge in [-0.1, -0.05) is 12.1 Å². The van der Waals surface area contributed by atoms with Crippen molar-refractivity contribution in [3.63, 3.8) is 0 Å². The molecule has 0 spiro atoms. The lowest BCUT2D eigenvalue weighted by Crippen LogP contribution is -2.17. The zero-order chi connectivity index (χ0) is 22.6. The molecule has 0 radical (unpaired) electrons. The first kappa shape index (κ1) is 22.3. The second-order valence-corrected chi connectivity index (χ2v) is 8.63. The summed E-state index contributed by atoms with van der Waals surface area (Å²) in [6.07, 6.45) is 0. The largest absolute Gasteiger partial charge is 0.494 e. The lowest BCUT2D eigenvalue weighted by molar-refractivity contribution is 0.102. The fourth-order valence-electron chi connectivity index (χ4n) is 2.94. The molecule has 3 aromatic rings. The highest BCUT2D eigenvalue weighted by Gasteiger charge is 2.20. The third-order valence-electron chi connectivity index (χ3n) is 4.53. The summed E-state index contributed by atoms with van der Waals surface area (Å²) in [4.78, 5) is 12.5. The monoisotopic (exact) mass is 442 g/mol. The maximum Gasteiger partial charge on any atom is 0.262 e. The van der Waals surface area contributed by atoms with Crippen molar-refractivity contribution in [2.75, 3.05) is 16.6 Å². The Bertz CT molecular complexity index is 1210. The average Bonchev–Trinajstić information content (AvgIpc) is 2.71. The topological polar surface area (TPSA) is 84.5 Å². The maximum atomic E-state index is 14.0. The lowest BCUT2D eigenvalue weighted by atomic mass is 10.1. The fraction of sp³-hybridized carbons (Fsp3) is 0.174. The van der Waals surface area contributed by atoms with Crippen LogP contribution in [-0.4, -0.2) is 20.9 Å². The highest BCUT2D eigenvalue weighted by molar-refractivity contribution is 7.92. The van der Waals surface area contributed by atoms with Gasteiger partial charge in [-0.2, -0.15) is 0 Å². The number of hydrogen-bond acceptors (Lipinski definition) is 4. The van der Waals surface area contributed by atoms with Crippen LogP contribution in [0.15, 0.2) is 65.6 Å². The molecule has 8 heteroatoms. The van der Waals surface area contributed by atoms with Crippen molar-refractivity contribution in [1.29, 1.82) is 0 Å². The van der Waals surface area contributed by atoms with Crippen molar-refractivity contribution in [2.45, 2.75) is 25.7 Å². The Labute approximate surface area is 181 Å². The number of carbonyl (C=O) groups excluding carboxylic acids is 1. The molecule has 0 saturated carbocycles. The third-order valence-corrected chi connectivity index (χ3v) is 6.05. The van der Waals surface area contributed by atoms with Gasteiger partial charge in [0.25, 0.3) is 15.9 Å². The summed E-state index contributed by atoms with van der Waals surface area (Å²) < 4.78 is 47.7. The summed E-state index contributed by atoms with van der Waals surface area (Å²) in [6, 6.07) is 15.2. The minimum Gasteiger partial charge on any atom is -0.494 e.